The number of unbranched alkanes of at least 4 members (excludes halogenated alkanes) is 1. The molecule has 7 heteroatoms. The first kappa shape index (κ1) is 20.2. The highest BCUT2D eigenvalue weighted by Crippen LogP contribution is 2.33. The van der Waals surface area contributed by atoms with Crippen LogP contribution in [0.1, 0.15) is 47.0 Å². The van der Waals surface area contributed by atoms with Gasteiger partial charge in [-0.05, 0) is 45.4 Å². The van der Waals surface area contributed by atoms with Crippen molar-refractivity contribution in [1.29, 1.82) is 0 Å². The van der Waals surface area contributed by atoms with Crippen molar-refractivity contribution in [3.05, 3.63) is 23.2 Å². The minimum Gasteiger partial charge on any atom is -0.444 e. The molecule has 1 fully saturated rings. The third kappa shape index (κ3) is 5.05. The van der Waals surface area contributed by atoms with Gasteiger partial charge in [-0.2, -0.15) is 0 Å². The average Bonchev–Trinajstić information content (AvgIpc) is 3.01. The summed E-state index contributed by atoms with van der Waals surface area (Å²) in [5.74, 6) is 0. The van der Waals surface area contributed by atoms with Gasteiger partial charge < -0.3 is 14.5 Å². The number of anilines is 1. The molecule has 0 radical (unpaired) electrons. The van der Waals surface area contributed by atoms with Crippen LogP contribution in [-0.4, -0.2) is 47.3 Å². The molecule has 0 unspecified atom stereocenters. The molecule has 2 heterocycles. The summed E-state index contributed by atoms with van der Waals surface area (Å²) in [4.78, 5) is 21.5. The summed E-state index contributed by atoms with van der Waals surface area (Å²) in [5, 5.41) is 1.74. The molecule has 0 aliphatic carbocycles. The molecule has 1 aromatic carbocycles. The molecule has 1 atom stereocenters. The van der Waals surface area contributed by atoms with E-state index < -0.39 is 5.60 Å². The lowest BCUT2D eigenvalue weighted by Crippen LogP contribution is -2.55. The van der Waals surface area contributed by atoms with Crippen LogP contribution >= 0.6 is 22.9 Å². The van der Waals surface area contributed by atoms with Crippen molar-refractivity contribution in [2.75, 3.05) is 24.5 Å². The Kier molecular flexibility index (Phi) is 6.16. The van der Waals surface area contributed by atoms with Crippen LogP contribution in [0, 0.1) is 0 Å². The average molecular weight is 410 g/mol. The molecular formula is C20H28ClN3O2S. The van der Waals surface area contributed by atoms with Gasteiger partial charge in [0, 0.05) is 30.7 Å². The standard InChI is InChI=1S/C20H28ClN3O2S/c1-5-6-7-15-13-23(19(25)26-20(2,3)4)10-11-24(15)18-22-16-9-8-14(21)12-17(16)27-18/h8-9,12,15H,5-7,10-11,13H2,1-4H3/t15-/m0/s1. The SMILES string of the molecule is CCCC[C@H]1CN(C(=O)OC(C)(C)C)CCN1c1nc2ccc(Cl)cc2s1. The van der Waals surface area contributed by atoms with Crippen LogP contribution in [0.25, 0.3) is 10.2 Å². The lowest BCUT2D eigenvalue weighted by Gasteiger charge is -2.41. The summed E-state index contributed by atoms with van der Waals surface area (Å²) in [6.07, 6.45) is 3.07. The van der Waals surface area contributed by atoms with Gasteiger partial charge in [0.2, 0.25) is 0 Å². The number of thiazole rings is 1. The van der Waals surface area contributed by atoms with Gasteiger partial charge in [0.1, 0.15) is 5.60 Å². The van der Waals surface area contributed by atoms with E-state index in [1.165, 1.54) is 0 Å². The van der Waals surface area contributed by atoms with E-state index in [4.69, 9.17) is 21.3 Å². The Labute approximate surface area is 170 Å². The van der Waals surface area contributed by atoms with Crippen molar-refractivity contribution in [2.24, 2.45) is 0 Å². The molecule has 0 bridgehead atoms. The fourth-order valence-electron chi connectivity index (χ4n) is 3.30. The number of ether oxygens (including phenoxy) is 1. The normalized spacial score (nSPS) is 18.2. The van der Waals surface area contributed by atoms with Crippen LogP contribution in [0.3, 0.4) is 0 Å². The smallest absolute Gasteiger partial charge is 0.410 e. The largest absolute Gasteiger partial charge is 0.444 e. The lowest BCUT2D eigenvalue weighted by molar-refractivity contribution is 0.0211. The molecule has 1 saturated heterocycles. The van der Waals surface area contributed by atoms with Gasteiger partial charge in [-0.3, -0.25) is 0 Å². The van der Waals surface area contributed by atoms with Gasteiger partial charge in [0.15, 0.2) is 5.13 Å². The molecule has 0 spiro atoms. The lowest BCUT2D eigenvalue weighted by atomic mass is 10.1. The summed E-state index contributed by atoms with van der Waals surface area (Å²) < 4.78 is 6.67. The van der Waals surface area contributed by atoms with Crippen molar-refractivity contribution in [3.8, 4) is 0 Å². The number of nitrogens with zero attached hydrogens (tertiary/aromatic N) is 3. The molecule has 148 valence electrons. The van der Waals surface area contributed by atoms with Gasteiger partial charge in [0.25, 0.3) is 0 Å². The van der Waals surface area contributed by atoms with Crippen LogP contribution in [0.4, 0.5) is 9.93 Å². The number of benzene rings is 1. The fraction of sp³-hybridized carbons (Fsp3) is 0.600. The third-order valence-corrected chi connectivity index (χ3v) is 5.90. The number of carbonyl (C=O) groups is 1. The van der Waals surface area contributed by atoms with Crippen molar-refractivity contribution in [3.63, 3.8) is 0 Å². The summed E-state index contributed by atoms with van der Waals surface area (Å²) in [5.41, 5.74) is 0.502. The second-order valence-electron chi connectivity index (χ2n) is 8.02. The van der Waals surface area contributed by atoms with E-state index in [9.17, 15) is 4.79 Å². The van der Waals surface area contributed by atoms with Gasteiger partial charge in [-0.15, -0.1) is 0 Å². The Balaban J connectivity index is 1.79. The van der Waals surface area contributed by atoms with E-state index in [0.29, 0.717) is 13.1 Å². The number of fused-ring (bicyclic) bond motifs is 1. The summed E-state index contributed by atoms with van der Waals surface area (Å²) in [7, 11) is 0. The highest BCUT2D eigenvalue weighted by molar-refractivity contribution is 7.22. The molecule has 3 rings (SSSR count). The second-order valence-corrected chi connectivity index (χ2v) is 9.47. The maximum Gasteiger partial charge on any atom is 0.410 e. The number of aromatic nitrogens is 1. The summed E-state index contributed by atoms with van der Waals surface area (Å²) >= 11 is 7.80. The van der Waals surface area contributed by atoms with Crippen LogP contribution < -0.4 is 4.90 Å². The zero-order valence-electron chi connectivity index (χ0n) is 16.5. The second kappa shape index (κ2) is 8.23. The highest BCUT2D eigenvalue weighted by atomic mass is 35.5. The first-order valence-electron chi connectivity index (χ1n) is 9.57. The van der Waals surface area contributed by atoms with E-state index in [0.717, 1.165) is 46.2 Å². The number of hydrogen-bond donors (Lipinski definition) is 0. The van der Waals surface area contributed by atoms with Crippen molar-refractivity contribution in [2.45, 2.75) is 58.6 Å². The van der Waals surface area contributed by atoms with Gasteiger partial charge >= 0.3 is 6.09 Å². The van der Waals surface area contributed by atoms with Gasteiger partial charge in [-0.1, -0.05) is 42.7 Å². The van der Waals surface area contributed by atoms with Crippen LogP contribution in [0.15, 0.2) is 18.2 Å². The van der Waals surface area contributed by atoms with E-state index >= 15 is 0 Å². The number of hydrogen-bond acceptors (Lipinski definition) is 5. The Hall–Kier alpha value is -1.53. The van der Waals surface area contributed by atoms with Crippen LogP contribution in [0.5, 0.6) is 0 Å². The summed E-state index contributed by atoms with van der Waals surface area (Å²) in [6.45, 7) is 9.99. The Morgan fingerprint density at radius 1 is 1.37 bits per heavy atom. The van der Waals surface area contributed by atoms with Crippen molar-refractivity contribution < 1.29 is 9.53 Å². The monoisotopic (exact) mass is 409 g/mol. The van der Waals surface area contributed by atoms with Gasteiger partial charge in [-0.25, -0.2) is 9.78 Å². The molecule has 1 amide bonds. The number of piperazine rings is 1. The van der Waals surface area contributed by atoms with E-state index in [1.54, 1.807) is 11.3 Å². The first-order chi connectivity index (χ1) is 12.8. The molecule has 0 N–H and O–H groups in total. The molecule has 2 aromatic rings. The molecule has 1 aliphatic rings. The fourth-order valence-corrected chi connectivity index (χ4v) is 4.63. The Bertz CT molecular complexity index is 802. The highest BCUT2D eigenvalue weighted by Gasteiger charge is 2.33. The van der Waals surface area contributed by atoms with Crippen molar-refractivity contribution >= 4 is 44.4 Å². The number of rotatable bonds is 4. The predicted molar refractivity (Wildman–Crippen MR) is 113 cm³/mol. The Morgan fingerprint density at radius 3 is 2.85 bits per heavy atom. The topological polar surface area (TPSA) is 45.7 Å². The van der Waals surface area contributed by atoms with E-state index in [1.807, 2.05) is 43.9 Å². The molecule has 1 aromatic heterocycles. The zero-order valence-corrected chi connectivity index (χ0v) is 18.1. The summed E-state index contributed by atoms with van der Waals surface area (Å²) in [6, 6.07) is 6.07. The van der Waals surface area contributed by atoms with Gasteiger partial charge in [0.05, 0.1) is 10.2 Å². The number of carbonyl (C=O) groups excluding carboxylic acids is 1. The maximum absolute atomic E-state index is 12.5. The number of amides is 1. The molecular weight excluding hydrogens is 382 g/mol. The minimum absolute atomic E-state index is 0.222. The van der Waals surface area contributed by atoms with Crippen LogP contribution in [0.2, 0.25) is 5.02 Å². The van der Waals surface area contributed by atoms with E-state index in [-0.39, 0.29) is 12.1 Å². The quantitative estimate of drug-likeness (QED) is 0.662. The Morgan fingerprint density at radius 2 is 2.15 bits per heavy atom. The molecule has 1 aliphatic heterocycles. The number of halogens is 1. The zero-order chi connectivity index (χ0) is 19.6. The maximum atomic E-state index is 12.5. The third-order valence-electron chi connectivity index (χ3n) is 4.61. The van der Waals surface area contributed by atoms with Crippen LogP contribution in [-0.2, 0) is 4.74 Å². The van der Waals surface area contributed by atoms with Crippen molar-refractivity contribution in [1.82, 2.24) is 9.88 Å². The predicted octanol–water partition coefficient (Wildman–Crippen LogP) is 5.57. The first-order valence-corrected chi connectivity index (χ1v) is 10.8. The van der Waals surface area contributed by atoms with E-state index in [2.05, 4.69) is 11.8 Å². The minimum atomic E-state index is -0.473. The molecule has 27 heavy (non-hydrogen) atoms. The molecule has 0 saturated carbocycles. The molecule has 5 nitrogen and oxygen atoms in total.